The van der Waals surface area contributed by atoms with E-state index in [9.17, 15) is 0 Å². The molecule has 0 aromatic rings. The van der Waals surface area contributed by atoms with Gasteiger partial charge >= 0.3 is 0 Å². The van der Waals surface area contributed by atoms with Crippen LogP contribution in [0.2, 0.25) is 0 Å². The maximum absolute atomic E-state index is 5.80. The normalized spacial score (nSPS) is 17.5. The monoisotopic (exact) mass is 255 g/mol. The van der Waals surface area contributed by atoms with Crippen molar-refractivity contribution < 1.29 is 4.74 Å². The molecule has 0 atom stereocenters. The van der Waals surface area contributed by atoms with Crippen molar-refractivity contribution >= 4 is 0 Å². The van der Waals surface area contributed by atoms with Gasteiger partial charge in [-0.2, -0.15) is 0 Å². The van der Waals surface area contributed by atoms with Gasteiger partial charge < -0.3 is 10.1 Å². The number of hydrogen-bond donors (Lipinski definition) is 1. The maximum Gasteiger partial charge on any atom is 0.0494 e. The molecule has 2 heteroatoms. The largest absolute Gasteiger partial charge is 0.381 e. The molecule has 0 unspecified atom stereocenters. The molecule has 1 fully saturated rings. The molecule has 0 spiro atoms. The van der Waals surface area contributed by atoms with E-state index in [1.807, 2.05) is 0 Å². The van der Waals surface area contributed by atoms with Gasteiger partial charge in [-0.3, -0.25) is 0 Å². The second kappa shape index (κ2) is 10.8. The van der Waals surface area contributed by atoms with E-state index < -0.39 is 0 Å². The summed E-state index contributed by atoms with van der Waals surface area (Å²) in [7, 11) is 0. The Morgan fingerprint density at radius 3 is 2.56 bits per heavy atom. The minimum absolute atomic E-state index is 0.767. The highest BCUT2D eigenvalue weighted by Crippen LogP contribution is 2.23. The van der Waals surface area contributed by atoms with Crippen LogP contribution >= 0.6 is 0 Å². The van der Waals surface area contributed by atoms with Gasteiger partial charge in [-0.1, -0.05) is 33.1 Å². The molecule has 0 radical (unpaired) electrons. The molecule has 1 saturated carbocycles. The van der Waals surface area contributed by atoms with Gasteiger partial charge in [0.25, 0.3) is 0 Å². The average molecular weight is 255 g/mol. The Bertz CT molecular complexity index is 176. The number of unbranched alkanes of at least 4 members (excludes halogenated alkanes) is 2. The topological polar surface area (TPSA) is 21.3 Å². The van der Waals surface area contributed by atoms with E-state index >= 15 is 0 Å². The first-order chi connectivity index (χ1) is 8.79. The predicted molar refractivity (Wildman–Crippen MR) is 79.0 cm³/mol. The molecule has 1 aliphatic rings. The molecule has 2 nitrogen and oxygen atoms in total. The molecule has 0 saturated heterocycles. The fourth-order valence-electron chi connectivity index (χ4n) is 2.63. The Kier molecular flexibility index (Phi) is 9.59. The molecule has 1 rings (SSSR count). The van der Waals surface area contributed by atoms with Crippen molar-refractivity contribution in [3.8, 4) is 0 Å². The lowest BCUT2D eigenvalue weighted by Crippen LogP contribution is -2.20. The molecular weight excluding hydrogens is 222 g/mol. The summed E-state index contributed by atoms with van der Waals surface area (Å²) in [5.41, 5.74) is 0. The second-order valence-corrected chi connectivity index (χ2v) is 6.24. The van der Waals surface area contributed by atoms with Crippen LogP contribution in [0, 0.1) is 11.8 Å². The van der Waals surface area contributed by atoms with E-state index in [4.69, 9.17) is 4.74 Å². The van der Waals surface area contributed by atoms with Gasteiger partial charge in [0.2, 0.25) is 0 Å². The molecule has 1 N–H and O–H groups in total. The first-order valence-corrected chi connectivity index (χ1v) is 8.07. The quantitative estimate of drug-likeness (QED) is 0.596. The van der Waals surface area contributed by atoms with E-state index in [1.165, 1.54) is 57.9 Å². The first-order valence-electron chi connectivity index (χ1n) is 8.07. The zero-order valence-corrected chi connectivity index (χ0v) is 12.5. The van der Waals surface area contributed by atoms with Crippen LogP contribution in [-0.4, -0.2) is 26.3 Å². The lowest BCUT2D eigenvalue weighted by atomic mass is 9.90. The molecule has 18 heavy (non-hydrogen) atoms. The maximum atomic E-state index is 5.80. The zero-order valence-electron chi connectivity index (χ0n) is 12.5. The number of hydrogen-bond acceptors (Lipinski definition) is 2. The fourth-order valence-corrected chi connectivity index (χ4v) is 2.63. The van der Waals surface area contributed by atoms with Crippen molar-refractivity contribution in [3.05, 3.63) is 0 Å². The molecular formula is C16H33NO. The summed E-state index contributed by atoms with van der Waals surface area (Å²) in [5.74, 6) is 1.63. The van der Waals surface area contributed by atoms with Crippen molar-refractivity contribution in [1.82, 2.24) is 5.32 Å². The van der Waals surface area contributed by atoms with Crippen LogP contribution in [0.25, 0.3) is 0 Å². The lowest BCUT2D eigenvalue weighted by molar-refractivity contribution is 0.0825. The highest BCUT2D eigenvalue weighted by atomic mass is 16.5. The van der Waals surface area contributed by atoms with Crippen LogP contribution in [0.4, 0.5) is 0 Å². The lowest BCUT2D eigenvalue weighted by Gasteiger charge is -2.21. The van der Waals surface area contributed by atoms with Crippen LogP contribution in [0.5, 0.6) is 0 Å². The Morgan fingerprint density at radius 1 is 1.06 bits per heavy atom. The minimum Gasteiger partial charge on any atom is -0.381 e. The Hall–Kier alpha value is -0.0800. The van der Waals surface area contributed by atoms with Crippen LogP contribution in [0.3, 0.4) is 0 Å². The van der Waals surface area contributed by atoms with Gasteiger partial charge in [0, 0.05) is 13.2 Å². The van der Waals surface area contributed by atoms with E-state index in [0.717, 1.165) is 31.6 Å². The molecule has 0 heterocycles. The summed E-state index contributed by atoms with van der Waals surface area (Å²) >= 11 is 0. The standard InChI is InChI=1S/C16H33NO/c1-15(2)13-17-11-7-4-8-12-18-14-16-9-5-3-6-10-16/h15-17H,3-14H2,1-2H3. The van der Waals surface area contributed by atoms with Gasteiger partial charge in [0.05, 0.1) is 0 Å². The molecule has 0 aliphatic heterocycles. The highest BCUT2D eigenvalue weighted by Gasteiger charge is 2.12. The highest BCUT2D eigenvalue weighted by molar-refractivity contribution is 4.64. The second-order valence-electron chi connectivity index (χ2n) is 6.24. The summed E-state index contributed by atoms with van der Waals surface area (Å²) in [6.07, 6.45) is 10.9. The molecule has 108 valence electrons. The summed E-state index contributed by atoms with van der Waals surface area (Å²) in [4.78, 5) is 0. The molecule has 0 amide bonds. The zero-order chi connectivity index (χ0) is 13.1. The van der Waals surface area contributed by atoms with Crippen molar-refractivity contribution in [2.45, 2.75) is 65.2 Å². The Morgan fingerprint density at radius 2 is 1.83 bits per heavy atom. The van der Waals surface area contributed by atoms with E-state index in [0.29, 0.717) is 0 Å². The third kappa shape index (κ3) is 8.93. The van der Waals surface area contributed by atoms with Gasteiger partial charge in [0.15, 0.2) is 0 Å². The van der Waals surface area contributed by atoms with Gasteiger partial charge in [0.1, 0.15) is 0 Å². The molecule has 1 aliphatic carbocycles. The SMILES string of the molecule is CC(C)CNCCCCCOCC1CCCCC1. The predicted octanol–water partition coefficient (Wildman–Crippen LogP) is 4.00. The summed E-state index contributed by atoms with van der Waals surface area (Å²) in [6, 6.07) is 0. The smallest absolute Gasteiger partial charge is 0.0494 e. The number of ether oxygens (including phenoxy) is 1. The molecule has 0 bridgehead atoms. The van der Waals surface area contributed by atoms with Crippen molar-refractivity contribution in [2.75, 3.05) is 26.3 Å². The van der Waals surface area contributed by atoms with Crippen LogP contribution in [0.15, 0.2) is 0 Å². The Balaban J connectivity index is 1.75. The Labute approximate surface area is 114 Å². The van der Waals surface area contributed by atoms with Crippen molar-refractivity contribution in [1.29, 1.82) is 0 Å². The minimum atomic E-state index is 0.767. The third-order valence-electron chi connectivity index (χ3n) is 3.77. The van der Waals surface area contributed by atoms with Gasteiger partial charge in [-0.05, 0) is 57.0 Å². The number of rotatable bonds is 10. The summed E-state index contributed by atoms with van der Waals surface area (Å²) < 4.78 is 5.80. The van der Waals surface area contributed by atoms with Crippen LogP contribution in [-0.2, 0) is 4.74 Å². The van der Waals surface area contributed by atoms with Gasteiger partial charge in [-0.25, -0.2) is 0 Å². The fraction of sp³-hybridized carbons (Fsp3) is 1.00. The molecule has 0 aromatic heterocycles. The average Bonchev–Trinajstić information content (AvgIpc) is 2.37. The van der Waals surface area contributed by atoms with Crippen LogP contribution < -0.4 is 5.32 Å². The summed E-state index contributed by atoms with van der Waals surface area (Å²) in [6.45, 7) is 8.82. The third-order valence-corrected chi connectivity index (χ3v) is 3.77. The number of nitrogens with one attached hydrogen (secondary N) is 1. The first kappa shape index (κ1) is 16.0. The van der Waals surface area contributed by atoms with E-state index in [1.54, 1.807) is 0 Å². The van der Waals surface area contributed by atoms with Crippen LogP contribution in [0.1, 0.15) is 65.2 Å². The van der Waals surface area contributed by atoms with Crippen molar-refractivity contribution in [2.24, 2.45) is 11.8 Å². The molecule has 0 aromatic carbocycles. The van der Waals surface area contributed by atoms with Gasteiger partial charge in [-0.15, -0.1) is 0 Å². The van der Waals surface area contributed by atoms with E-state index in [-0.39, 0.29) is 0 Å². The van der Waals surface area contributed by atoms with Crippen molar-refractivity contribution in [3.63, 3.8) is 0 Å². The van der Waals surface area contributed by atoms with E-state index in [2.05, 4.69) is 19.2 Å². The summed E-state index contributed by atoms with van der Waals surface area (Å²) in [5, 5.41) is 3.49.